The summed E-state index contributed by atoms with van der Waals surface area (Å²) in [5, 5.41) is 4.73. The Morgan fingerprint density at radius 2 is 1.82 bits per heavy atom. The Hall–Kier alpha value is -3.42. The number of rotatable bonds is 6. The Kier molecular flexibility index (Phi) is 6.22. The van der Waals surface area contributed by atoms with Gasteiger partial charge >= 0.3 is 0 Å². The molecule has 1 aromatic carbocycles. The van der Waals surface area contributed by atoms with Gasteiger partial charge in [-0.25, -0.2) is 4.98 Å². The lowest BCUT2D eigenvalue weighted by atomic mass is 10.0. The Bertz CT molecular complexity index is 1270. The minimum absolute atomic E-state index is 0.108. The molecule has 1 fully saturated rings. The van der Waals surface area contributed by atoms with Gasteiger partial charge in [-0.1, -0.05) is 17.7 Å². The fraction of sp³-hybridized carbons (Fsp3) is 0.192. The van der Waals surface area contributed by atoms with Gasteiger partial charge in [-0.05, 0) is 86.7 Å². The lowest BCUT2D eigenvalue weighted by molar-refractivity contribution is 0.242. The fourth-order valence-corrected chi connectivity index (χ4v) is 4.70. The summed E-state index contributed by atoms with van der Waals surface area (Å²) in [5.74, 6) is 1.60. The summed E-state index contributed by atoms with van der Waals surface area (Å²) in [5.41, 5.74) is 2.91. The molecule has 3 aromatic heterocycles. The first kappa shape index (κ1) is 22.4. The zero-order chi connectivity index (χ0) is 23.7. The summed E-state index contributed by atoms with van der Waals surface area (Å²) in [7, 11) is 0. The number of anilines is 1. The van der Waals surface area contributed by atoms with Crippen LogP contribution in [0.15, 0.2) is 85.3 Å². The van der Waals surface area contributed by atoms with Gasteiger partial charge in [0.25, 0.3) is 0 Å². The second kappa shape index (κ2) is 9.44. The summed E-state index contributed by atoms with van der Waals surface area (Å²) in [6, 6.07) is 21.5. The molecule has 1 aliphatic rings. The molecule has 34 heavy (non-hydrogen) atoms. The van der Waals surface area contributed by atoms with Crippen LogP contribution < -0.4 is 15.0 Å². The maximum atomic E-state index is 6.08. The van der Waals surface area contributed by atoms with E-state index in [1.165, 1.54) is 0 Å². The summed E-state index contributed by atoms with van der Waals surface area (Å²) in [6.07, 6.45) is 5.56. The summed E-state index contributed by atoms with van der Waals surface area (Å²) >= 11 is 11.9. The highest BCUT2D eigenvalue weighted by molar-refractivity contribution is 7.80. The first-order chi connectivity index (χ1) is 16.5. The molecule has 4 aromatic rings. The summed E-state index contributed by atoms with van der Waals surface area (Å²) < 4.78 is 7.90. The molecule has 0 bridgehead atoms. The van der Waals surface area contributed by atoms with E-state index in [0.29, 0.717) is 10.1 Å². The van der Waals surface area contributed by atoms with E-state index in [4.69, 9.17) is 28.6 Å². The molecule has 172 valence electrons. The molecule has 8 heteroatoms. The van der Waals surface area contributed by atoms with E-state index < -0.39 is 0 Å². The first-order valence-corrected chi connectivity index (χ1v) is 11.9. The fourth-order valence-electron chi connectivity index (χ4n) is 4.25. The van der Waals surface area contributed by atoms with Crippen LogP contribution >= 0.6 is 23.8 Å². The number of aromatic nitrogens is 3. The third kappa shape index (κ3) is 4.36. The monoisotopic (exact) mass is 489 g/mol. The molecule has 1 aliphatic heterocycles. The zero-order valence-electron chi connectivity index (χ0n) is 18.8. The van der Waals surface area contributed by atoms with Crippen LogP contribution in [0, 0.1) is 0 Å². The van der Waals surface area contributed by atoms with E-state index in [-0.39, 0.29) is 18.2 Å². The number of nitrogens with one attached hydrogen (secondary N) is 1. The van der Waals surface area contributed by atoms with Crippen molar-refractivity contribution in [1.29, 1.82) is 0 Å². The molecule has 4 heterocycles. The predicted molar refractivity (Wildman–Crippen MR) is 139 cm³/mol. The molecule has 1 N–H and O–H groups in total. The van der Waals surface area contributed by atoms with Crippen molar-refractivity contribution in [3.05, 3.63) is 102 Å². The van der Waals surface area contributed by atoms with Crippen LogP contribution in [0.3, 0.4) is 0 Å². The largest absolute Gasteiger partial charge is 0.491 e. The highest BCUT2D eigenvalue weighted by Crippen LogP contribution is 2.42. The van der Waals surface area contributed by atoms with Crippen molar-refractivity contribution in [3.8, 4) is 11.6 Å². The Morgan fingerprint density at radius 3 is 2.50 bits per heavy atom. The predicted octanol–water partition coefficient (Wildman–Crippen LogP) is 5.89. The van der Waals surface area contributed by atoms with Gasteiger partial charge in [0.15, 0.2) is 5.11 Å². The number of nitrogens with zero attached hydrogens (tertiary/aromatic N) is 4. The lowest BCUT2D eigenvalue weighted by Gasteiger charge is -2.29. The van der Waals surface area contributed by atoms with Crippen molar-refractivity contribution in [2.45, 2.75) is 32.0 Å². The van der Waals surface area contributed by atoms with Gasteiger partial charge < -0.3 is 19.5 Å². The average molecular weight is 490 g/mol. The quantitative estimate of drug-likeness (QED) is 0.341. The topological polar surface area (TPSA) is 55.2 Å². The van der Waals surface area contributed by atoms with Gasteiger partial charge in [0, 0.05) is 30.0 Å². The highest BCUT2D eigenvalue weighted by atomic mass is 35.5. The maximum Gasteiger partial charge on any atom is 0.174 e. The van der Waals surface area contributed by atoms with Gasteiger partial charge in [0.1, 0.15) is 17.6 Å². The average Bonchev–Trinajstić information content (AvgIpc) is 3.45. The Labute approximate surface area is 209 Å². The molecule has 0 aliphatic carbocycles. The normalized spacial score (nSPS) is 17.8. The second-order valence-corrected chi connectivity index (χ2v) is 9.12. The number of benzene rings is 1. The zero-order valence-corrected chi connectivity index (χ0v) is 20.4. The summed E-state index contributed by atoms with van der Waals surface area (Å²) in [4.78, 5) is 11.3. The molecular formula is C26H24ClN5OS. The minimum Gasteiger partial charge on any atom is -0.491 e. The summed E-state index contributed by atoms with van der Waals surface area (Å²) in [6.45, 7) is 4.03. The SMILES string of the molecule is CC(C)Oc1ccc(N2C(=S)N[C@H](c3ccccn3)[C@H]2c2cccn2-c2ccc(Cl)cn2)cc1. The first-order valence-electron chi connectivity index (χ1n) is 11.1. The van der Waals surface area contributed by atoms with E-state index >= 15 is 0 Å². The van der Waals surface area contributed by atoms with Gasteiger partial charge in [-0.2, -0.15) is 0 Å². The van der Waals surface area contributed by atoms with Gasteiger partial charge in [0.05, 0.1) is 22.9 Å². The van der Waals surface area contributed by atoms with Crippen molar-refractivity contribution in [3.63, 3.8) is 0 Å². The molecule has 2 atom stereocenters. The van der Waals surface area contributed by atoms with Crippen LogP contribution in [0.2, 0.25) is 5.02 Å². The number of halogens is 1. The third-order valence-corrected chi connectivity index (χ3v) is 6.16. The number of thiocarbonyl (C=S) groups is 1. The molecule has 5 rings (SSSR count). The lowest BCUT2D eigenvalue weighted by Crippen LogP contribution is -2.30. The van der Waals surface area contributed by atoms with E-state index in [9.17, 15) is 0 Å². The van der Waals surface area contributed by atoms with Crippen molar-refractivity contribution in [1.82, 2.24) is 19.9 Å². The van der Waals surface area contributed by atoms with Crippen molar-refractivity contribution >= 4 is 34.6 Å². The van der Waals surface area contributed by atoms with Gasteiger partial charge in [-0.15, -0.1) is 0 Å². The van der Waals surface area contributed by atoms with Crippen molar-refractivity contribution in [2.24, 2.45) is 0 Å². The van der Waals surface area contributed by atoms with E-state index in [2.05, 4.69) is 30.8 Å². The van der Waals surface area contributed by atoms with Crippen LogP contribution in [0.5, 0.6) is 5.75 Å². The van der Waals surface area contributed by atoms with E-state index in [0.717, 1.165) is 28.6 Å². The second-order valence-electron chi connectivity index (χ2n) is 8.29. The maximum absolute atomic E-state index is 6.08. The number of hydrogen-bond donors (Lipinski definition) is 1. The van der Waals surface area contributed by atoms with E-state index in [1.54, 1.807) is 12.4 Å². The van der Waals surface area contributed by atoms with Crippen LogP contribution in [-0.4, -0.2) is 25.8 Å². The number of pyridine rings is 2. The molecule has 0 unspecified atom stereocenters. The number of hydrogen-bond acceptors (Lipinski definition) is 4. The van der Waals surface area contributed by atoms with Crippen molar-refractivity contribution in [2.75, 3.05) is 4.90 Å². The van der Waals surface area contributed by atoms with Crippen molar-refractivity contribution < 1.29 is 4.74 Å². The van der Waals surface area contributed by atoms with Crippen LogP contribution in [-0.2, 0) is 0 Å². The Balaban J connectivity index is 1.60. The molecule has 0 saturated carbocycles. The van der Waals surface area contributed by atoms with Crippen LogP contribution in [0.25, 0.3) is 5.82 Å². The molecule has 0 spiro atoms. The molecule has 0 radical (unpaired) electrons. The minimum atomic E-state index is -0.160. The standard InChI is InChI=1S/C26H24ClN5OS/c1-17(2)33-20-11-9-19(10-12-20)32-25(24(30-26(32)34)21-6-3-4-14-28-21)22-7-5-15-31(22)23-13-8-18(27)16-29-23/h3-17,24-25H,1-2H3,(H,30,34)/t24-,25-/m1/s1. The van der Waals surface area contributed by atoms with Gasteiger partial charge in [-0.3, -0.25) is 4.98 Å². The van der Waals surface area contributed by atoms with Crippen LogP contribution in [0.4, 0.5) is 5.69 Å². The highest BCUT2D eigenvalue weighted by Gasteiger charge is 2.42. The molecule has 0 amide bonds. The van der Waals surface area contributed by atoms with E-state index in [1.807, 2.05) is 80.7 Å². The van der Waals surface area contributed by atoms with Gasteiger partial charge in [0.2, 0.25) is 0 Å². The molecule has 1 saturated heterocycles. The molecule has 6 nitrogen and oxygen atoms in total. The third-order valence-electron chi connectivity index (χ3n) is 5.63. The molecular weight excluding hydrogens is 466 g/mol. The van der Waals surface area contributed by atoms with Crippen LogP contribution in [0.1, 0.15) is 37.3 Å². The Morgan fingerprint density at radius 1 is 1.00 bits per heavy atom. The smallest absolute Gasteiger partial charge is 0.174 e. The number of ether oxygens (including phenoxy) is 1.